The molecular formula is C14H24N2O4. The van der Waals surface area contributed by atoms with Crippen LogP contribution in [0.4, 0.5) is 4.79 Å². The van der Waals surface area contributed by atoms with Crippen molar-refractivity contribution in [2.45, 2.75) is 51.1 Å². The summed E-state index contributed by atoms with van der Waals surface area (Å²) < 4.78 is 5.18. The van der Waals surface area contributed by atoms with E-state index in [1.54, 1.807) is 0 Å². The SMILES string of the molecule is CCC1CCCCCN1C(=O)NC1COCC1C(=O)O. The Morgan fingerprint density at radius 2 is 2.10 bits per heavy atom. The fourth-order valence-electron chi connectivity index (χ4n) is 3.05. The van der Waals surface area contributed by atoms with Crippen LogP contribution >= 0.6 is 0 Å². The highest BCUT2D eigenvalue weighted by atomic mass is 16.5. The van der Waals surface area contributed by atoms with Crippen LogP contribution in [0.3, 0.4) is 0 Å². The van der Waals surface area contributed by atoms with Gasteiger partial charge in [0, 0.05) is 12.6 Å². The van der Waals surface area contributed by atoms with Gasteiger partial charge in [0.05, 0.1) is 19.3 Å². The van der Waals surface area contributed by atoms with Gasteiger partial charge in [-0.25, -0.2) is 4.79 Å². The highest BCUT2D eigenvalue weighted by molar-refractivity contribution is 5.77. The average molecular weight is 284 g/mol. The molecule has 0 saturated carbocycles. The number of carboxylic acids is 1. The third kappa shape index (κ3) is 3.42. The lowest BCUT2D eigenvalue weighted by molar-refractivity contribution is -0.142. The van der Waals surface area contributed by atoms with Gasteiger partial charge in [0.25, 0.3) is 0 Å². The molecule has 114 valence electrons. The van der Waals surface area contributed by atoms with Crippen LogP contribution < -0.4 is 5.32 Å². The van der Waals surface area contributed by atoms with Crippen molar-refractivity contribution in [2.24, 2.45) is 5.92 Å². The first kappa shape index (κ1) is 15.1. The van der Waals surface area contributed by atoms with Gasteiger partial charge in [-0.05, 0) is 19.3 Å². The third-order valence-corrected chi connectivity index (χ3v) is 4.32. The number of ether oxygens (including phenoxy) is 1. The fraction of sp³-hybridized carbons (Fsp3) is 0.857. The molecule has 2 aliphatic rings. The molecule has 3 unspecified atom stereocenters. The smallest absolute Gasteiger partial charge is 0.317 e. The van der Waals surface area contributed by atoms with Crippen molar-refractivity contribution >= 4 is 12.0 Å². The Bertz CT molecular complexity index is 361. The molecule has 6 heteroatoms. The number of likely N-dealkylation sites (tertiary alicyclic amines) is 1. The lowest BCUT2D eigenvalue weighted by Crippen LogP contribution is -2.51. The van der Waals surface area contributed by atoms with Crippen LogP contribution in [0.1, 0.15) is 39.0 Å². The summed E-state index contributed by atoms with van der Waals surface area (Å²) in [4.78, 5) is 25.4. The maximum Gasteiger partial charge on any atom is 0.317 e. The normalized spacial score (nSPS) is 30.9. The third-order valence-electron chi connectivity index (χ3n) is 4.32. The van der Waals surface area contributed by atoms with Gasteiger partial charge in [-0.1, -0.05) is 19.8 Å². The zero-order valence-electron chi connectivity index (χ0n) is 12.0. The zero-order chi connectivity index (χ0) is 14.5. The molecule has 2 rings (SSSR count). The maximum absolute atomic E-state index is 12.4. The number of amides is 2. The van der Waals surface area contributed by atoms with Gasteiger partial charge in [-0.3, -0.25) is 4.79 Å². The quantitative estimate of drug-likeness (QED) is 0.822. The summed E-state index contributed by atoms with van der Waals surface area (Å²) >= 11 is 0. The van der Waals surface area contributed by atoms with E-state index in [1.165, 1.54) is 0 Å². The molecule has 0 spiro atoms. The number of carbonyl (C=O) groups excluding carboxylic acids is 1. The highest BCUT2D eigenvalue weighted by Gasteiger charge is 2.36. The standard InChI is InChI=1S/C14H24N2O4/c1-2-10-6-4-3-5-7-16(10)14(19)15-12-9-20-8-11(12)13(17)18/h10-12H,2-9H2,1H3,(H,15,19)(H,17,18). The number of aliphatic carboxylic acids is 1. The number of carbonyl (C=O) groups is 2. The molecule has 0 aromatic rings. The maximum atomic E-state index is 12.4. The summed E-state index contributed by atoms with van der Waals surface area (Å²) in [6, 6.07) is -0.288. The molecule has 0 aliphatic carbocycles. The van der Waals surface area contributed by atoms with Gasteiger partial charge in [0.15, 0.2) is 0 Å². The summed E-state index contributed by atoms with van der Waals surface area (Å²) in [6.07, 6.45) is 5.31. The topological polar surface area (TPSA) is 78.9 Å². The Labute approximate surface area is 119 Å². The van der Waals surface area contributed by atoms with E-state index in [0.29, 0.717) is 0 Å². The summed E-state index contributed by atoms with van der Waals surface area (Å²) in [5.74, 6) is -1.54. The summed E-state index contributed by atoms with van der Waals surface area (Å²) in [7, 11) is 0. The molecule has 3 atom stereocenters. The van der Waals surface area contributed by atoms with E-state index in [2.05, 4.69) is 12.2 Å². The molecule has 0 aromatic carbocycles. The van der Waals surface area contributed by atoms with Crippen LogP contribution in [-0.2, 0) is 9.53 Å². The number of hydrogen-bond acceptors (Lipinski definition) is 3. The molecule has 2 fully saturated rings. The van der Waals surface area contributed by atoms with Crippen molar-refractivity contribution < 1.29 is 19.4 Å². The van der Waals surface area contributed by atoms with Crippen molar-refractivity contribution in [1.29, 1.82) is 0 Å². The van der Waals surface area contributed by atoms with Crippen LogP contribution in [0.15, 0.2) is 0 Å². The van der Waals surface area contributed by atoms with Gasteiger partial charge in [0.2, 0.25) is 0 Å². The van der Waals surface area contributed by atoms with E-state index in [0.717, 1.165) is 38.6 Å². The monoisotopic (exact) mass is 284 g/mol. The minimum atomic E-state index is -0.907. The minimum Gasteiger partial charge on any atom is -0.481 e. The second-order valence-electron chi connectivity index (χ2n) is 5.64. The highest BCUT2D eigenvalue weighted by Crippen LogP contribution is 2.20. The first-order chi connectivity index (χ1) is 9.63. The molecule has 2 N–H and O–H groups in total. The van der Waals surface area contributed by atoms with E-state index >= 15 is 0 Å². The molecule has 0 radical (unpaired) electrons. The van der Waals surface area contributed by atoms with Crippen LogP contribution in [0.2, 0.25) is 0 Å². The molecule has 2 heterocycles. The number of hydrogen-bond donors (Lipinski definition) is 2. The van der Waals surface area contributed by atoms with Crippen LogP contribution in [-0.4, -0.2) is 53.8 Å². The number of nitrogens with zero attached hydrogens (tertiary/aromatic N) is 1. The molecule has 0 bridgehead atoms. The van der Waals surface area contributed by atoms with E-state index < -0.39 is 17.9 Å². The largest absolute Gasteiger partial charge is 0.481 e. The van der Waals surface area contributed by atoms with Crippen LogP contribution in [0.25, 0.3) is 0 Å². The van der Waals surface area contributed by atoms with Crippen molar-refractivity contribution in [1.82, 2.24) is 10.2 Å². The lowest BCUT2D eigenvalue weighted by Gasteiger charge is -2.31. The van der Waals surface area contributed by atoms with Crippen molar-refractivity contribution in [3.63, 3.8) is 0 Å². The Balaban J connectivity index is 1.97. The predicted molar refractivity (Wildman–Crippen MR) is 73.5 cm³/mol. The molecule has 2 aliphatic heterocycles. The fourth-order valence-corrected chi connectivity index (χ4v) is 3.05. The number of rotatable bonds is 3. The van der Waals surface area contributed by atoms with Crippen molar-refractivity contribution in [3.8, 4) is 0 Å². The second-order valence-corrected chi connectivity index (χ2v) is 5.64. The van der Waals surface area contributed by atoms with Gasteiger partial charge >= 0.3 is 12.0 Å². The molecule has 0 aromatic heterocycles. The Morgan fingerprint density at radius 1 is 1.30 bits per heavy atom. The van der Waals surface area contributed by atoms with Crippen LogP contribution in [0, 0.1) is 5.92 Å². The van der Waals surface area contributed by atoms with Crippen molar-refractivity contribution in [3.05, 3.63) is 0 Å². The van der Waals surface area contributed by atoms with E-state index in [9.17, 15) is 9.59 Å². The van der Waals surface area contributed by atoms with E-state index in [1.807, 2.05) is 4.90 Å². The van der Waals surface area contributed by atoms with E-state index in [4.69, 9.17) is 9.84 Å². The Kier molecular flexibility index (Phi) is 5.23. The average Bonchev–Trinajstić information content (AvgIpc) is 2.74. The number of carboxylic acid groups (broad SMARTS) is 1. The second kappa shape index (κ2) is 6.92. The van der Waals surface area contributed by atoms with Crippen molar-refractivity contribution in [2.75, 3.05) is 19.8 Å². The summed E-state index contributed by atoms with van der Waals surface area (Å²) in [5, 5.41) is 12.0. The van der Waals surface area contributed by atoms with E-state index in [-0.39, 0.29) is 25.3 Å². The molecular weight excluding hydrogens is 260 g/mol. The number of urea groups is 1. The summed E-state index contributed by atoms with van der Waals surface area (Å²) in [5.41, 5.74) is 0. The van der Waals surface area contributed by atoms with Gasteiger partial charge in [-0.15, -0.1) is 0 Å². The Morgan fingerprint density at radius 3 is 2.80 bits per heavy atom. The molecule has 20 heavy (non-hydrogen) atoms. The lowest BCUT2D eigenvalue weighted by atomic mass is 10.0. The molecule has 6 nitrogen and oxygen atoms in total. The molecule has 2 amide bonds. The van der Waals surface area contributed by atoms with Crippen LogP contribution in [0.5, 0.6) is 0 Å². The predicted octanol–water partition coefficient (Wildman–Crippen LogP) is 1.45. The minimum absolute atomic E-state index is 0.138. The molecule has 2 saturated heterocycles. The van der Waals surface area contributed by atoms with Gasteiger partial charge in [-0.2, -0.15) is 0 Å². The van der Waals surface area contributed by atoms with Gasteiger partial charge < -0.3 is 20.1 Å². The number of nitrogens with one attached hydrogen (secondary N) is 1. The first-order valence-corrected chi connectivity index (χ1v) is 7.51. The first-order valence-electron chi connectivity index (χ1n) is 7.51. The van der Waals surface area contributed by atoms with Gasteiger partial charge in [0.1, 0.15) is 5.92 Å². The summed E-state index contributed by atoms with van der Waals surface area (Å²) in [6.45, 7) is 3.31. The Hall–Kier alpha value is -1.30. The zero-order valence-corrected chi connectivity index (χ0v) is 12.0.